The van der Waals surface area contributed by atoms with Crippen LogP contribution in [0.1, 0.15) is 22.3 Å². The van der Waals surface area contributed by atoms with E-state index >= 15 is 0 Å². The molecule has 0 saturated heterocycles. The molecule has 1 unspecified atom stereocenters. The van der Waals surface area contributed by atoms with Gasteiger partial charge in [-0.15, -0.1) is 0 Å². The molecule has 0 aromatic heterocycles. The number of methoxy groups -OCH3 is 1. The molecule has 30 heavy (non-hydrogen) atoms. The van der Waals surface area contributed by atoms with Crippen LogP contribution < -0.4 is 15.4 Å². The Morgan fingerprint density at radius 3 is 2.33 bits per heavy atom. The van der Waals surface area contributed by atoms with Crippen molar-refractivity contribution in [2.75, 3.05) is 12.4 Å². The molecule has 2 N–H and O–H groups in total. The van der Waals surface area contributed by atoms with Crippen molar-refractivity contribution < 1.29 is 14.3 Å². The van der Waals surface area contributed by atoms with Crippen molar-refractivity contribution in [3.63, 3.8) is 0 Å². The molecule has 0 heterocycles. The monoisotopic (exact) mass is 422 g/mol. The fourth-order valence-corrected chi connectivity index (χ4v) is 3.30. The van der Waals surface area contributed by atoms with Gasteiger partial charge in [-0.2, -0.15) is 0 Å². The summed E-state index contributed by atoms with van der Waals surface area (Å²) in [5.41, 5.74) is 1.95. The SMILES string of the molecule is COc1ccccc1NC(=O)C(CCc1ccccc1)NC(=O)c1ccccc1Cl. The van der Waals surface area contributed by atoms with Gasteiger partial charge >= 0.3 is 0 Å². The van der Waals surface area contributed by atoms with E-state index in [1.54, 1.807) is 42.5 Å². The highest BCUT2D eigenvalue weighted by molar-refractivity contribution is 6.33. The number of rotatable bonds is 8. The minimum Gasteiger partial charge on any atom is -0.495 e. The lowest BCUT2D eigenvalue weighted by atomic mass is 10.0. The third-order valence-corrected chi connectivity index (χ3v) is 5.00. The van der Waals surface area contributed by atoms with Crippen LogP contribution in [0.3, 0.4) is 0 Å². The van der Waals surface area contributed by atoms with E-state index in [-0.39, 0.29) is 5.91 Å². The van der Waals surface area contributed by atoms with Crippen LogP contribution >= 0.6 is 11.6 Å². The van der Waals surface area contributed by atoms with Crippen molar-refractivity contribution in [2.24, 2.45) is 0 Å². The summed E-state index contributed by atoms with van der Waals surface area (Å²) in [5.74, 6) is -0.172. The van der Waals surface area contributed by atoms with Gasteiger partial charge < -0.3 is 15.4 Å². The molecule has 6 heteroatoms. The van der Waals surface area contributed by atoms with Crippen molar-refractivity contribution in [3.05, 3.63) is 95.0 Å². The zero-order valence-electron chi connectivity index (χ0n) is 16.6. The number of amides is 2. The van der Waals surface area contributed by atoms with Crippen molar-refractivity contribution in [2.45, 2.75) is 18.9 Å². The van der Waals surface area contributed by atoms with Crippen LogP contribution in [0.25, 0.3) is 0 Å². The van der Waals surface area contributed by atoms with Gasteiger partial charge in [-0.1, -0.05) is 66.2 Å². The maximum atomic E-state index is 13.0. The maximum Gasteiger partial charge on any atom is 0.253 e. The first-order valence-corrected chi connectivity index (χ1v) is 9.99. The lowest BCUT2D eigenvalue weighted by molar-refractivity contribution is -0.118. The molecule has 154 valence electrons. The molecule has 0 aliphatic rings. The van der Waals surface area contributed by atoms with E-state index in [0.29, 0.717) is 34.9 Å². The predicted octanol–water partition coefficient (Wildman–Crippen LogP) is 4.72. The normalized spacial score (nSPS) is 11.4. The van der Waals surface area contributed by atoms with Crippen LogP contribution in [0.5, 0.6) is 5.75 Å². The first-order valence-electron chi connectivity index (χ1n) is 9.61. The molecule has 3 rings (SSSR count). The van der Waals surface area contributed by atoms with E-state index in [2.05, 4.69) is 10.6 Å². The zero-order chi connectivity index (χ0) is 21.3. The average molecular weight is 423 g/mol. The fraction of sp³-hybridized carbons (Fsp3) is 0.167. The number of halogens is 1. The van der Waals surface area contributed by atoms with Crippen LogP contribution in [-0.2, 0) is 11.2 Å². The van der Waals surface area contributed by atoms with Crippen LogP contribution in [0, 0.1) is 0 Å². The Morgan fingerprint density at radius 1 is 0.933 bits per heavy atom. The first kappa shape index (κ1) is 21.4. The number of nitrogens with one attached hydrogen (secondary N) is 2. The molecule has 3 aromatic rings. The predicted molar refractivity (Wildman–Crippen MR) is 119 cm³/mol. The molecule has 0 spiro atoms. The number of anilines is 1. The summed E-state index contributed by atoms with van der Waals surface area (Å²) in [7, 11) is 1.54. The van der Waals surface area contributed by atoms with Gasteiger partial charge in [-0.25, -0.2) is 0 Å². The second-order valence-electron chi connectivity index (χ2n) is 6.72. The Kier molecular flexibility index (Phi) is 7.46. The van der Waals surface area contributed by atoms with Gasteiger partial charge in [-0.3, -0.25) is 9.59 Å². The van der Waals surface area contributed by atoms with Crippen LogP contribution in [0.15, 0.2) is 78.9 Å². The standard InChI is InChI=1S/C24H23ClN2O3/c1-30-22-14-8-7-13-20(22)26-24(29)21(16-15-17-9-3-2-4-10-17)27-23(28)18-11-5-6-12-19(18)25/h2-14,21H,15-16H2,1H3,(H,26,29)(H,27,28). The number of hydrogen-bond donors (Lipinski definition) is 2. The third-order valence-electron chi connectivity index (χ3n) is 4.67. The van der Waals surface area contributed by atoms with Gasteiger partial charge in [0.25, 0.3) is 5.91 Å². The molecule has 0 aliphatic carbocycles. The molecule has 0 fully saturated rings. The number of ether oxygens (including phenoxy) is 1. The third kappa shape index (κ3) is 5.61. The highest BCUT2D eigenvalue weighted by Gasteiger charge is 2.23. The highest BCUT2D eigenvalue weighted by Crippen LogP contribution is 2.23. The number of carbonyl (C=O) groups excluding carboxylic acids is 2. The van der Waals surface area contributed by atoms with Crippen LogP contribution in [0.4, 0.5) is 5.69 Å². The van der Waals surface area contributed by atoms with Crippen LogP contribution in [-0.4, -0.2) is 25.0 Å². The van der Waals surface area contributed by atoms with Gasteiger partial charge in [0, 0.05) is 0 Å². The highest BCUT2D eigenvalue weighted by atomic mass is 35.5. The fourth-order valence-electron chi connectivity index (χ4n) is 3.07. The summed E-state index contributed by atoms with van der Waals surface area (Å²) in [6.07, 6.45) is 1.06. The van der Waals surface area contributed by atoms with E-state index in [1.165, 1.54) is 7.11 Å². The molecule has 0 bridgehead atoms. The summed E-state index contributed by atoms with van der Waals surface area (Å²) in [4.78, 5) is 25.8. The Hall–Kier alpha value is -3.31. The Morgan fingerprint density at radius 2 is 1.60 bits per heavy atom. The van der Waals surface area contributed by atoms with E-state index in [4.69, 9.17) is 16.3 Å². The molecule has 1 atom stereocenters. The van der Waals surface area contributed by atoms with Crippen molar-refractivity contribution >= 4 is 29.1 Å². The quantitative estimate of drug-likeness (QED) is 0.552. The maximum absolute atomic E-state index is 13.0. The topological polar surface area (TPSA) is 67.4 Å². The number of hydrogen-bond acceptors (Lipinski definition) is 3. The summed E-state index contributed by atoms with van der Waals surface area (Å²) in [6, 6.07) is 23.0. The Labute approximate surface area is 181 Å². The summed E-state index contributed by atoms with van der Waals surface area (Å²) in [6.45, 7) is 0. The lowest BCUT2D eigenvalue weighted by Gasteiger charge is -2.20. The van der Waals surface area contributed by atoms with Crippen molar-refractivity contribution in [1.82, 2.24) is 5.32 Å². The Balaban J connectivity index is 1.78. The molecule has 0 aliphatic heterocycles. The molecular formula is C24H23ClN2O3. The molecule has 5 nitrogen and oxygen atoms in total. The molecule has 3 aromatic carbocycles. The van der Waals surface area contributed by atoms with Gasteiger partial charge in [0.15, 0.2) is 0 Å². The van der Waals surface area contributed by atoms with Crippen molar-refractivity contribution in [1.29, 1.82) is 0 Å². The second kappa shape index (κ2) is 10.5. The average Bonchev–Trinajstić information content (AvgIpc) is 2.77. The largest absolute Gasteiger partial charge is 0.495 e. The van der Waals surface area contributed by atoms with E-state index in [9.17, 15) is 9.59 Å². The minimum atomic E-state index is -0.751. The van der Waals surface area contributed by atoms with E-state index < -0.39 is 11.9 Å². The molecule has 0 radical (unpaired) electrons. The van der Waals surface area contributed by atoms with Gasteiger partial charge in [0.1, 0.15) is 11.8 Å². The summed E-state index contributed by atoms with van der Waals surface area (Å²) >= 11 is 6.15. The van der Waals surface area contributed by atoms with E-state index in [1.807, 2.05) is 36.4 Å². The number of carbonyl (C=O) groups is 2. The van der Waals surface area contributed by atoms with Crippen LogP contribution in [0.2, 0.25) is 5.02 Å². The number of benzene rings is 3. The summed E-state index contributed by atoms with van der Waals surface area (Å²) < 4.78 is 5.30. The lowest BCUT2D eigenvalue weighted by Crippen LogP contribution is -2.44. The zero-order valence-corrected chi connectivity index (χ0v) is 17.4. The number of para-hydroxylation sites is 2. The molecular weight excluding hydrogens is 400 g/mol. The van der Waals surface area contributed by atoms with Gasteiger partial charge in [0.05, 0.1) is 23.4 Å². The summed E-state index contributed by atoms with van der Waals surface area (Å²) in [5, 5.41) is 6.02. The van der Waals surface area contributed by atoms with Gasteiger partial charge in [0.2, 0.25) is 5.91 Å². The van der Waals surface area contributed by atoms with Gasteiger partial charge in [-0.05, 0) is 42.7 Å². The minimum absolute atomic E-state index is 0.323. The van der Waals surface area contributed by atoms with Crippen molar-refractivity contribution in [3.8, 4) is 5.75 Å². The number of aryl methyl sites for hydroxylation is 1. The smallest absolute Gasteiger partial charge is 0.253 e. The molecule has 2 amide bonds. The first-order chi connectivity index (χ1) is 14.6. The second-order valence-corrected chi connectivity index (χ2v) is 7.13. The Bertz CT molecular complexity index is 1010. The molecule has 0 saturated carbocycles. The van der Waals surface area contributed by atoms with E-state index in [0.717, 1.165) is 5.56 Å².